The summed E-state index contributed by atoms with van der Waals surface area (Å²) in [6.45, 7) is 1.78. The van der Waals surface area contributed by atoms with E-state index in [2.05, 4.69) is 10.6 Å². The molecular formula is C23H20Cl2N4O4. The van der Waals surface area contributed by atoms with E-state index in [0.717, 1.165) is 4.90 Å². The number of nitrogens with one attached hydrogen (secondary N) is 2. The van der Waals surface area contributed by atoms with Crippen LogP contribution in [0.5, 0.6) is 0 Å². The molecule has 170 valence electrons. The lowest BCUT2D eigenvalue weighted by Crippen LogP contribution is -2.53. The summed E-state index contributed by atoms with van der Waals surface area (Å²) in [6, 6.07) is 9.19. The summed E-state index contributed by atoms with van der Waals surface area (Å²) in [4.78, 5) is 53.5. The van der Waals surface area contributed by atoms with Crippen LogP contribution < -0.4 is 21.3 Å². The molecule has 2 aromatic rings. The summed E-state index contributed by atoms with van der Waals surface area (Å²) < 4.78 is 0. The van der Waals surface area contributed by atoms with E-state index in [4.69, 9.17) is 28.9 Å². The second-order valence-electron chi connectivity index (χ2n) is 8.61. The normalized spacial score (nSPS) is 27.8. The summed E-state index contributed by atoms with van der Waals surface area (Å²) in [6.07, 6.45) is 0.208. The molecule has 2 saturated heterocycles. The van der Waals surface area contributed by atoms with Crippen molar-refractivity contribution in [3.05, 3.63) is 57.6 Å². The summed E-state index contributed by atoms with van der Waals surface area (Å²) in [5.74, 6) is -3.78. The number of rotatable bonds is 4. The molecule has 10 heteroatoms. The summed E-state index contributed by atoms with van der Waals surface area (Å²) in [5.41, 5.74) is 5.96. The molecule has 4 N–H and O–H groups in total. The molecule has 33 heavy (non-hydrogen) atoms. The van der Waals surface area contributed by atoms with Crippen molar-refractivity contribution in [3.63, 3.8) is 0 Å². The zero-order chi connectivity index (χ0) is 23.7. The second-order valence-corrected chi connectivity index (χ2v) is 9.45. The molecule has 0 aromatic heterocycles. The number of nitrogens with zero attached hydrogens (tertiary/aromatic N) is 1. The van der Waals surface area contributed by atoms with Crippen molar-refractivity contribution in [3.8, 4) is 0 Å². The predicted molar refractivity (Wildman–Crippen MR) is 123 cm³/mol. The van der Waals surface area contributed by atoms with Gasteiger partial charge in [0.15, 0.2) is 0 Å². The van der Waals surface area contributed by atoms with Crippen molar-refractivity contribution in [1.29, 1.82) is 0 Å². The van der Waals surface area contributed by atoms with E-state index >= 15 is 0 Å². The fraction of sp³-hybridized carbons (Fsp3) is 0.304. The first kappa shape index (κ1) is 21.9. The quantitative estimate of drug-likeness (QED) is 0.573. The molecule has 0 radical (unpaired) electrons. The van der Waals surface area contributed by atoms with Crippen LogP contribution in [0.1, 0.15) is 24.0 Å². The van der Waals surface area contributed by atoms with Crippen molar-refractivity contribution in [2.75, 3.05) is 10.2 Å². The van der Waals surface area contributed by atoms with Gasteiger partial charge in [-0.2, -0.15) is 0 Å². The third-order valence-electron chi connectivity index (χ3n) is 6.85. The molecular weight excluding hydrogens is 467 g/mol. The highest BCUT2D eigenvalue weighted by molar-refractivity contribution is 6.33. The Hall–Kier alpha value is -2.94. The number of amides is 4. The van der Waals surface area contributed by atoms with Gasteiger partial charge in [-0.15, -0.1) is 0 Å². The van der Waals surface area contributed by atoms with E-state index in [1.54, 1.807) is 37.3 Å². The van der Waals surface area contributed by atoms with Crippen LogP contribution >= 0.6 is 23.2 Å². The third kappa shape index (κ3) is 3.01. The molecule has 4 amide bonds. The fourth-order valence-electron chi connectivity index (χ4n) is 5.41. The monoisotopic (exact) mass is 486 g/mol. The first-order valence-electron chi connectivity index (χ1n) is 10.5. The Morgan fingerprint density at radius 1 is 1.15 bits per heavy atom. The number of primary amides is 1. The first-order valence-corrected chi connectivity index (χ1v) is 11.2. The van der Waals surface area contributed by atoms with Gasteiger partial charge in [0.25, 0.3) is 0 Å². The average Bonchev–Trinajstić information content (AvgIpc) is 3.34. The Kier molecular flexibility index (Phi) is 5.00. The Morgan fingerprint density at radius 2 is 1.91 bits per heavy atom. The van der Waals surface area contributed by atoms with Crippen molar-refractivity contribution in [1.82, 2.24) is 5.32 Å². The molecule has 2 aromatic carbocycles. The minimum Gasteiger partial charge on any atom is -0.370 e. The molecule has 0 aliphatic carbocycles. The molecule has 2 fully saturated rings. The maximum atomic E-state index is 13.8. The number of imide groups is 1. The fourth-order valence-corrected chi connectivity index (χ4v) is 5.75. The number of fused-ring (bicyclic) bond motifs is 4. The van der Waals surface area contributed by atoms with Crippen LogP contribution in [0.15, 0.2) is 36.4 Å². The van der Waals surface area contributed by atoms with E-state index in [0.29, 0.717) is 32.5 Å². The van der Waals surface area contributed by atoms with Crippen LogP contribution in [0, 0.1) is 18.8 Å². The number of hydrogen-bond acceptors (Lipinski definition) is 5. The van der Waals surface area contributed by atoms with Crippen molar-refractivity contribution in [2.45, 2.75) is 31.3 Å². The molecule has 3 aliphatic rings. The third-order valence-corrected chi connectivity index (χ3v) is 7.50. The van der Waals surface area contributed by atoms with Crippen molar-refractivity contribution < 1.29 is 19.2 Å². The van der Waals surface area contributed by atoms with Gasteiger partial charge in [-0.05, 0) is 43.2 Å². The smallest absolute Gasteiger partial charge is 0.250 e. The topological polar surface area (TPSA) is 122 Å². The van der Waals surface area contributed by atoms with Crippen LogP contribution in [-0.4, -0.2) is 29.7 Å². The van der Waals surface area contributed by atoms with Gasteiger partial charge >= 0.3 is 0 Å². The standard InChI is InChI=1S/C23H20Cl2N4O4/c1-10-14(25)6-5-13-19(10)27-22(33)23(13)18-17(15(28-23)7-8-16(26)30)20(31)29(21(18)32)12-4-2-3-11(24)9-12/h2-6,9,15,17-18,28H,7-8H2,1H3,(H2,26,30)(H,27,33). The first-order chi connectivity index (χ1) is 15.7. The van der Waals surface area contributed by atoms with Crippen LogP contribution in [0.2, 0.25) is 10.0 Å². The summed E-state index contributed by atoms with van der Waals surface area (Å²) >= 11 is 12.4. The zero-order valence-corrected chi connectivity index (χ0v) is 19.0. The van der Waals surface area contributed by atoms with Gasteiger partial charge in [-0.1, -0.05) is 35.3 Å². The molecule has 4 atom stereocenters. The minimum absolute atomic E-state index is 0.00369. The lowest BCUT2D eigenvalue weighted by Gasteiger charge is -2.29. The van der Waals surface area contributed by atoms with Gasteiger partial charge in [-0.3, -0.25) is 24.5 Å². The Balaban J connectivity index is 1.67. The highest BCUT2D eigenvalue weighted by atomic mass is 35.5. The number of nitrogens with two attached hydrogens (primary N) is 1. The predicted octanol–water partition coefficient (Wildman–Crippen LogP) is 2.49. The number of anilines is 2. The van der Waals surface area contributed by atoms with E-state index in [1.165, 1.54) is 6.07 Å². The number of carbonyl (C=O) groups excluding carboxylic acids is 4. The van der Waals surface area contributed by atoms with Gasteiger partial charge in [0.2, 0.25) is 23.6 Å². The van der Waals surface area contributed by atoms with Crippen LogP contribution in [0.4, 0.5) is 11.4 Å². The molecule has 0 saturated carbocycles. The molecule has 0 bridgehead atoms. The van der Waals surface area contributed by atoms with Gasteiger partial charge < -0.3 is 11.1 Å². The summed E-state index contributed by atoms with van der Waals surface area (Å²) in [5, 5.41) is 6.96. The maximum absolute atomic E-state index is 13.8. The molecule has 3 aliphatic heterocycles. The van der Waals surface area contributed by atoms with Gasteiger partial charge in [-0.25, -0.2) is 4.90 Å². The SMILES string of the molecule is Cc1c(Cl)ccc2c1NC(=O)C21NC(CCC(N)=O)C2C(=O)N(c3cccc(Cl)c3)C(=O)C21. The molecule has 4 unspecified atom stereocenters. The Labute approximate surface area is 199 Å². The zero-order valence-electron chi connectivity index (χ0n) is 17.5. The highest BCUT2D eigenvalue weighted by Gasteiger charge is 2.70. The number of halogens is 2. The lowest BCUT2D eigenvalue weighted by molar-refractivity contribution is -0.130. The number of hydrogen-bond donors (Lipinski definition) is 3. The van der Waals surface area contributed by atoms with E-state index in [-0.39, 0.29) is 12.8 Å². The van der Waals surface area contributed by atoms with Crippen molar-refractivity contribution >= 4 is 58.2 Å². The van der Waals surface area contributed by atoms with Crippen LogP contribution in [0.3, 0.4) is 0 Å². The largest absolute Gasteiger partial charge is 0.370 e. The molecule has 1 spiro atoms. The van der Waals surface area contributed by atoms with Gasteiger partial charge in [0.05, 0.1) is 23.2 Å². The second kappa shape index (κ2) is 7.55. The van der Waals surface area contributed by atoms with Gasteiger partial charge in [0, 0.05) is 28.1 Å². The average molecular weight is 487 g/mol. The molecule has 3 heterocycles. The lowest BCUT2D eigenvalue weighted by atomic mass is 9.76. The molecule has 5 rings (SSSR count). The number of benzene rings is 2. The maximum Gasteiger partial charge on any atom is 0.250 e. The minimum atomic E-state index is -1.47. The highest BCUT2D eigenvalue weighted by Crippen LogP contribution is 2.55. The number of carbonyl (C=O) groups is 4. The van der Waals surface area contributed by atoms with Crippen molar-refractivity contribution in [2.24, 2.45) is 17.6 Å². The van der Waals surface area contributed by atoms with E-state index < -0.39 is 47.0 Å². The van der Waals surface area contributed by atoms with Crippen LogP contribution in [-0.2, 0) is 24.7 Å². The Bertz CT molecular complexity index is 1250. The van der Waals surface area contributed by atoms with Gasteiger partial charge in [0.1, 0.15) is 5.54 Å². The van der Waals surface area contributed by atoms with E-state index in [9.17, 15) is 19.2 Å². The summed E-state index contributed by atoms with van der Waals surface area (Å²) in [7, 11) is 0. The molecule has 8 nitrogen and oxygen atoms in total. The van der Waals surface area contributed by atoms with Crippen LogP contribution in [0.25, 0.3) is 0 Å². The van der Waals surface area contributed by atoms with E-state index in [1.807, 2.05) is 0 Å². The Morgan fingerprint density at radius 3 is 2.61 bits per heavy atom.